The molecule has 0 saturated carbocycles. The lowest BCUT2D eigenvalue weighted by Crippen LogP contribution is -2.13. The van der Waals surface area contributed by atoms with E-state index < -0.39 is 5.82 Å². The molecule has 4 aromatic rings. The number of ketones is 2. The Bertz CT molecular complexity index is 1290. The number of thiophene rings is 1. The van der Waals surface area contributed by atoms with Gasteiger partial charge in [0, 0.05) is 21.2 Å². The summed E-state index contributed by atoms with van der Waals surface area (Å²) in [5.41, 5.74) is 1.22. The Balaban J connectivity index is 1.66. The molecule has 6 heteroatoms. The van der Waals surface area contributed by atoms with Crippen LogP contribution in [0, 0.1) is 17.1 Å². The van der Waals surface area contributed by atoms with Crippen molar-refractivity contribution in [3.63, 3.8) is 0 Å². The molecule has 4 rings (SSSR count). The van der Waals surface area contributed by atoms with Gasteiger partial charge in [-0.05, 0) is 60.7 Å². The van der Waals surface area contributed by atoms with E-state index in [-0.39, 0.29) is 18.2 Å². The number of fused-ring (bicyclic) bond motifs is 1. The number of carbonyl (C=O) groups is 2. The lowest BCUT2D eigenvalue weighted by atomic mass is 10.1. The van der Waals surface area contributed by atoms with Gasteiger partial charge in [0.1, 0.15) is 16.4 Å². The predicted molar refractivity (Wildman–Crippen MR) is 113 cm³/mol. The molecule has 0 fully saturated rings. The standard InChI is InChI=1S/C24H14FNO3S/c25-18-11-9-16(10-12-18)20(27)14-29-23-19-3-1-2-4-21(19)30-24(23)22(28)17-7-5-15(13-26)6-8-17/h1-12H,14H2. The fourth-order valence-corrected chi connectivity index (χ4v) is 4.11. The van der Waals surface area contributed by atoms with Crippen molar-refractivity contribution in [1.29, 1.82) is 5.26 Å². The van der Waals surface area contributed by atoms with Crippen molar-refractivity contribution in [2.75, 3.05) is 6.61 Å². The molecule has 4 nitrogen and oxygen atoms in total. The molecular weight excluding hydrogens is 401 g/mol. The Morgan fingerprint density at radius 3 is 2.30 bits per heavy atom. The van der Waals surface area contributed by atoms with Crippen LogP contribution in [0.2, 0.25) is 0 Å². The lowest BCUT2D eigenvalue weighted by Gasteiger charge is -2.08. The van der Waals surface area contributed by atoms with E-state index in [0.717, 1.165) is 10.1 Å². The largest absolute Gasteiger partial charge is 0.483 e. The van der Waals surface area contributed by atoms with E-state index in [2.05, 4.69) is 0 Å². The summed E-state index contributed by atoms with van der Waals surface area (Å²) in [4.78, 5) is 25.9. The fraction of sp³-hybridized carbons (Fsp3) is 0.0417. The molecule has 1 aromatic heterocycles. The topological polar surface area (TPSA) is 67.2 Å². The third-order valence-corrected chi connectivity index (χ3v) is 5.70. The van der Waals surface area contributed by atoms with Crippen molar-refractivity contribution in [3.05, 3.63) is 100 Å². The van der Waals surface area contributed by atoms with Gasteiger partial charge in [-0.2, -0.15) is 5.26 Å². The molecule has 0 aliphatic heterocycles. The zero-order chi connectivity index (χ0) is 21.1. The van der Waals surface area contributed by atoms with Crippen molar-refractivity contribution in [2.45, 2.75) is 0 Å². The minimum absolute atomic E-state index is 0.245. The monoisotopic (exact) mass is 415 g/mol. The van der Waals surface area contributed by atoms with Gasteiger partial charge in [0.2, 0.25) is 5.78 Å². The number of benzene rings is 3. The lowest BCUT2D eigenvalue weighted by molar-refractivity contribution is 0.0917. The van der Waals surface area contributed by atoms with Crippen LogP contribution in [0.25, 0.3) is 10.1 Å². The molecule has 0 atom stereocenters. The van der Waals surface area contributed by atoms with Crippen LogP contribution >= 0.6 is 11.3 Å². The van der Waals surface area contributed by atoms with Gasteiger partial charge in [-0.25, -0.2) is 4.39 Å². The number of halogens is 1. The number of hydrogen-bond donors (Lipinski definition) is 0. The SMILES string of the molecule is N#Cc1ccc(C(=O)c2sc3ccccc3c2OCC(=O)c2ccc(F)cc2)cc1. The van der Waals surface area contributed by atoms with E-state index in [1.54, 1.807) is 24.3 Å². The van der Waals surface area contributed by atoms with Crippen LogP contribution < -0.4 is 4.74 Å². The van der Waals surface area contributed by atoms with Gasteiger partial charge in [0.15, 0.2) is 12.4 Å². The Hall–Kier alpha value is -3.82. The number of rotatable bonds is 6. The number of ether oxygens (including phenoxy) is 1. The quantitative estimate of drug-likeness (QED) is 0.395. The van der Waals surface area contributed by atoms with Gasteiger partial charge in [0.25, 0.3) is 0 Å². The molecule has 0 radical (unpaired) electrons. The van der Waals surface area contributed by atoms with Crippen molar-refractivity contribution < 1.29 is 18.7 Å². The van der Waals surface area contributed by atoms with Crippen LogP contribution in [0.4, 0.5) is 4.39 Å². The van der Waals surface area contributed by atoms with Gasteiger partial charge < -0.3 is 4.74 Å². The third kappa shape index (κ3) is 3.84. The molecular formula is C24H14FNO3S. The van der Waals surface area contributed by atoms with E-state index in [1.807, 2.05) is 30.3 Å². The van der Waals surface area contributed by atoms with Crippen molar-refractivity contribution in [2.24, 2.45) is 0 Å². The van der Waals surface area contributed by atoms with E-state index in [1.165, 1.54) is 35.6 Å². The van der Waals surface area contributed by atoms with E-state index >= 15 is 0 Å². The van der Waals surface area contributed by atoms with E-state index in [0.29, 0.717) is 27.3 Å². The summed E-state index contributed by atoms with van der Waals surface area (Å²) in [6, 6.07) is 21.0. The molecule has 0 amide bonds. The van der Waals surface area contributed by atoms with E-state index in [4.69, 9.17) is 10.00 Å². The first-order valence-corrected chi connectivity index (χ1v) is 9.86. The second-order valence-electron chi connectivity index (χ2n) is 6.49. The summed E-state index contributed by atoms with van der Waals surface area (Å²) in [7, 11) is 0. The smallest absolute Gasteiger partial charge is 0.206 e. The Kier molecular flexibility index (Phi) is 5.38. The molecule has 0 bridgehead atoms. The maximum atomic E-state index is 13.1. The van der Waals surface area contributed by atoms with Gasteiger partial charge in [-0.1, -0.05) is 12.1 Å². The Morgan fingerprint density at radius 1 is 0.933 bits per heavy atom. The van der Waals surface area contributed by atoms with Gasteiger partial charge >= 0.3 is 0 Å². The van der Waals surface area contributed by atoms with Crippen LogP contribution in [0.3, 0.4) is 0 Å². The van der Waals surface area contributed by atoms with Crippen molar-refractivity contribution in [3.8, 4) is 11.8 Å². The highest BCUT2D eigenvalue weighted by Crippen LogP contribution is 2.39. The number of nitrogens with zero attached hydrogens (tertiary/aromatic N) is 1. The first kappa shape index (κ1) is 19.5. The summed E-state index contributed by atoms with van der Waals surface area (Å²) in [6.45, 7) is -0.278. The average molecular weight is 415 g/mol. The normalized spacial score (nSPS) is 10.5. The minimum Gasteiger partial charge on any atom is -0.483 e. The van der Waals surface area contributed by atoms with Crippen LogP contribution in [-0.2, 0) is 0 Å². The van der Waals surface area contributed by atoms with Gasteiger partial charge in [-0.15, -0.1) is 11.3 Å². The van der Waals surface area contributed by atoms with E-state index in [9.17, 15) is 14.0 Å². The van der Waals surface area contributed by atoms with Gasteiger partial charge in [0.05, 0.1) is 11.6 Å². The zero-order valence-electron chi connectivity index (χ0n) is 15.6. The second kappa shape index (κ2) is 8.27. The van der Waals surface area contributed by atoms with Gasteiger partial charge in [-0.3, -0.25) is 9.59 Å². The Morgan fingerprint density at radius 2 is 1.60 bits per heavy atom. The fourth-order valence-electron chi connectivity index (χ4n) is 3.00. The summed E-state index contributed by atoms with van der Waals surface area (Å²) < 4.78 is 19.8. The molecule has 0 aliphatic carbocycles. The molecule has 0 saturated heterocycles. The molecule has 0 N–H and O–H groups in total. The summed E-state index contributed by atoms with van der Waals surface area (Å²) in [5, 5.41) is 9.69. The van der Waals surface area contributed by atoms with Crippen LogP contribution in [0.5, 0.6) is 5.75 Å². The number of Topliss-reactive ketones (excluding diaryl/α,β-unsaturated/α-hetero) is 1. The minimum atomic E-state index is -0.424. The summed E-state index contributed by atoms with van der Waals surface area (Å²) >= 11 is 1.29. The summed E-state index contributed by atoms with van der Waals surface area (Å²) in [5.74, 6) is -0.640. The summed E-state index contributed by atoms with van der Waals surface area (Å²) in [6.07, 6.45) is 0. The van der Waals surface area contributed by atoms with Crippen molar-refractivity contribution >= 4 is 33.0 Å². The molecule has 3 aromatic carbocycles. The maximum Gasteiger partial charge on any atom is 0.206 e. The third-order valence-electron chi connectivity index (χ3n) is 4.55. The van der Waals surface area contributed by atoms with Crippen LogP contribution in [0.1, 0.15) is 31.2 Å². The number of hydrogen-bond acceptors (Lipinski definition) is 5. The highest BCUT2D eigenvalue weighted by molar-refractivity contribution is 7.21. The second-order valence-corrected chi connectivity index (χ2v) is 7.55. The first-order chi connectivity index (χ1) is 14.6. The maximum absolute atomic E-state index is 13.1. The van der Waals surface area contributed by atoms with Crippen LogP contribution in [0.15, 0.2) is 72.8 Å². The molecule has 30 heavy (non-hydrogen) atoms. The zero-order valence-corrected chi connectivity index (χ0v) is 16.4. The molecule has 0 spiro atoms. The first-order valence-electron chi connectivity index (χ1n) is 9.05. The predicted octanol–water partition coefficient (Wildman–Crippen LogP) is 5.40. The molecule has 0 unspecified atom stereocenters. The van der Waals surface area contributed by atoms with Crippen LogP contribution in [-0.4, -0.2) is 18.2 Å². The van der Waals surface area contributed by atoms with Crippen molar-refractivity contribution in [1.82, 2.24) is 0 Å². The highest BCUT2D eigenvalue weighted by atomic mass is 32.1. The highest BCUT2D eigenvalue weighted by Gasteiger charge is 2.22. The Labute approximate surface area is 175 Å². The number of carbonyl (C=O) groups excluding carboxylic acids is 2. The average Bonchev–Trinajstić information content (AvgIpc) is 3.16. The molecule has 0 aliphatic rings. The molecule has 146 valence electrons. The molecule has 1 heterocycles. The number of nitriles is 1.